The number of ether oxygens (including phenoxy) is 1. The van der Waals surface area contributed by atoms with E-state index in [0.29, 0.717) is 6.54 Å². The van der Waals surface area contributed by atoms with E-state index < -0.39 is 0 Å². The summed E-state index contributed by atoms with van der Waals surface area (Å²) in [6.07, 6.45) is 4.86. The molecule has 0 aliphatic carbocycles. The van der Waals surface area contributed by atoms with Gasteiger partial charge in [-0.2, -0.15) is 0 Å². The number of benzene rings is 1. The van der Waals surface area contributed by atoms with E-state index >= 15 is 0 Å². The second-order valence-electron chi connectivity index (χ2n) is 5.05. The summed E-state index contributed by atoms with van der Waals surface area (Å²) in [5, 5.41) is 1.19. The highest BCUT2D eigenvalue weighted by atomic mass is 16.5. The molecule has 0 atom stereocenters. The van der Waals surface area contributed by atoms with Crippen LogP contribution in [0.15, 0.2) is 48.8 Å². The zero-order chi connectivity index (χ0) is 14.7. The molecule has 0 spiro atoms. The topological polar surface area (TPSA) is 53.1 Å². The van der Waals surface area contributed by atoms with Crippen LogP contribution in [0.4, 0.5) is 0 Å². The second kappa shape index (κ2) is 5.97. The number of nitrogens with zero attached hydrogens (tertiary/aromatic N) is 2. The molecule has 3 rings (SSSR count). The maximum absolute atomic E-state index is 5.71. The van der Waals surface area contributed by atoms with Gasteiger partial charge in [0.05, 0.1) is 7.11 Å². The molecule has 0 bridgehead atoms. The monoisotopic (exact) mass is 281 g/mol. The summed E-state index contributed by atoms with van der Waals surface area (Å²) in [4.78, 5) is 4.51. The Kier molecular flexibility index (Phi) is 3.88. The Morgan fingerprint density at radius 3 is 2.95 bits per heavy atom. The van der Waals surface area contributed by atoms with Crippen LogP contribution in [0, 0.1) is 0 Å². The first-order chi connectivity index (χ1) is 10.3. The largest absolute Gasteiger partial charge is 0.497 e. The van der Waals surface area contributed by atoms with E-state index in [1.165, 1.54) is 16.5 Å². The maximum atomic E-state index is 5.71. The van der Waals surface area contributed by atoms with Crippen molar-refractivity contribution in [1.82, 2.24) is 9.55 Å². The molecule has 0 fully saturated rings. The number of hydrogen-bond acceptors (Lipinski definition) is 3. The minimum atomic E-state index is 0.646. The number of aromatic nitrogens is 2. The highest BCUT2D eigenvalue weighted by Gasteiger charge is 2.09. The highest BCUT2D eigenvalue weighted by Crippen LogP contribution is 2.22. The SMILES string of the molecule is COc1cccc(Cn2cc(CCN)c3cccnc32)c1. The van der Waals surface area contributed by atoms with Crippen molar-refractivity contribution in [2.24, 2.45) is 5.73 Å². The second-order valence-corrected chi connectivity index (χ2v) is 5.05. The summed E-state index contributed by atoms with van der Waals surface area (Å²) >= 11 is 0. The molecule has 4 heteroatoms. The lowest BCUT2D eigenvalue weighted by atomic mass is 10.2. The van der Waals surface area contributed by atoms with Crippen molar-refractivity contribution in [2.75, 3.05) is 13.7 Å². The zero-order valence-electron chi connectivity index (χ0n) is 12.1. The lowest BCUT2D eigenvalue weighted by Crippen LogP contribution is -2.02. The van der Waals surface area contributed by atoms with Gasteiger partial charge < -0.3 is 15.0 Å². The number of pyridine rings is 1. The quantitative estimate of drug-likeness (QED) is 0.782. The lowest BCUT2D eigenvalue weighted by Gasteiger charge is -2.06. The minimum absolute atomic E-state index is 0.646. The van der Waals surface area contributed by atoms with Crippen molar-refractivity contribution in [1.29, 1.82) is 0 Å². The normalized spacial score (nSPS) is 11.0. The van der Waals surface area contributed by atoms with Crippen molar-refractivity contribution < 1.29 is 4.74 Å². The molecule has 0 unspecified atom stereocenters. The molecule has 4 nitrogen and oxygen atoms in total. The number of methoxy groups -OCH3 is 1. The van der Waals surface area contributed by atoms with E-state index in [0.717, 1.165) is 24.4 Å². The summed E-state index contributed by atoms with van der Waals surface area (Å²) in [5.41, 5.74) is 9.15. The standard InChI is InChI=1S/C17H19N3O/c1-21-15-5-2-4-13(10-15)11-20-12-14(7-8-18)16-6-3-9-19-17(16)20/h2-6,9-10,12H,7-8,11,18H2,1H3. The molecule has 3 aromatic rings. The van der Waals surface area contributed by atoms with Crippen molar-refractivity contribution in [3.8, 4) is 5.75 Å². The van der Waals surface area contributed by atoms with Crippen LogP contribution >= 0.6 is 0 Å². The Bertz CT molecular complexity index is 749. The summed E-state index contributed by atoms with van der Waals surface area (Å²) < 4.78 is 7.46. The first-order valence-corrected chi connectivity index (χ1v) is 7.07. The van der Waals surface area contributed by atoms with E-state index in [1.54, 1.807) is 7.11 Å². The third kappa shape index (κ3) is 2.76. The molecule has 108 valence electrons. The van der Waals surface area contributed by atoms with E-state index in [4.69, 9.17) is 10.5 Å². The zero-order valence-corrected chi connectivity index (χ0v) is 12.1. The lowest BCUT2D eigenvalue weighted by molar-refractivity contribution is 0.414. The Labute approximate surface area is 124 Å². The smallest absolute Gasteiger partial charge is 0.140 e. The number of fused-ring (bicyclic) bond motifs is 1. The van der Waals surface area contributed by atoms with Crippen LogP contribution in [0.1, 0.15) is 11.1 Å². The molecule has 0 aliphatic heterocycles. The molecular formula is C17H19N3O. The van der Waals surface area contributed by atoms with Gasteiger partial charge in [0, 0.05) is 24.3 Å². The molecular weight excluding hydrogens is 262 g/mol. The van der Waals surface area contributed by atoms with Gasteiger partial charge in [0.1, 0.15) is 11.4 Å². The van der Waals surface area contributed by atoms with Crippen LogP contribution in [0.3, 0.4) is 0 Å². The van der Waals surface area contributed by atoms with E-state index in [-0.39, 0.29) is 0 Å². The molecule has 21 heavy (non-hydrogen) atoms. The first kappa shape index (κ1) is 13.6. The average molecular weight is 281 g/mol. The summed E-state index contributed by atoms with van der Waals surface area (Å²) in [6.45, 7) is 1.42. The first-order valence-electron chi connectivity index (χ1n) is 7.07. The van der Waals surface area contributed by atoms with Gasteiger partial charge in [-0.3, -0.25) is 0 Å². The molecule has 0 radical (unpaired) electrons. The fourth-order valence-electron chi connectivity index (χ4n) is 2.64. The molecule has 0 saturated carbocycles. The van der Waals surface area contributed by atoms with Crippen LogP contribution in [-0.4, -0.2) is 23.2 Å². The minimum Gasteiger partial charge on any atom is -0.497 e. The van der Waals surface area contributed by atoms with Gasteiger partial charge in [0.15, 0.2) is 0 Å². The summed E-state index contributed by atoms with van der Waals surface area (Å²) in [7, 11) is 1.69. The van der Waals surface area contributed by atoms with Gasteiger partial charge in [-0.15, -0.1) is 0 Å². The molecule has 0 saturated heterocycles. The van der Waals surface area contributed by atoms with Crippen molar-refractivity contribution in [3.05, 3.63) is 59.9 Å². The number of nitrogens with two attached hydrogens (primary N) is 1. The Balaban J connectivity index is 1.99. The number of rotatable bonds is 5. The summed E-state index contributed by atoms with van der Waals surface area (Å²) in [6, 6.07) is 12.2. The Morgan fingerprint density at radius 1 is 1.24 bits per heavy atom. The predicted molar refractivity (Wildman–Crippen MR) is 84.6 cm³/mol. The van der Waals surface area contributed by atoms with Gasteiger partial charge in [0.25, 0.3) is 0 Å². The molecule has 0 amide bonds. The van der Waals surface area contributed by atoms with Crippen molar-refractivity contribution in [3.63, 3.8) is 0 Å². The van der Waals surface area contributed by atoms with E-state index in [1.807, 2.05) is 24.4 Å². The van der Waals surface area contributed by atoms with Crippen molar-refractivity contribution in [2.45, 2.75) is 13.0 Å². The van der Waals surface area contributed by atoms with Crippen molar-refractivity contribution >= 4 is 11.0 Å². The fraction of sp³-hybridized carbons (Fsp3) is 0.235. The molecule has 0 aliphatic rings. The van der Waals surface area contributed by atoms with Gasteiger partial charge in [0.2, 0.25) is 0 Å². The molecule has 1 aromatic carbocycles. The maximum Gasteiger partial charge on any atom is 0.140 e. The molecule has 2 N–H and O–H groups in total. The van der Waals surface area contributed by atoms with Crippen LogP contribution in [0.2, 0.25) is 0 Å². The van der Waals surface area contributed by atoms with E-state index in [9.17, 15) is 0 Å². The van der Waals surface area contributed by atoms with Crippen LogP contribution in [0.5, 0.6) is 5.75 Å². The molecule has 2 heterocycles. The Morgan fingerprint density at radius 2 is 2.14 bits per heavy atom. The van der Waals surface area contributed by atoms with Crippen LogP contribution in [0.25, 0.3) is 11.0 Å². The summed E-state index contributed by atoms with van der Waals surface area (Å²) in [5.74, 6) is 0.874. The number of hydrogen-bond donors (Lipinski definition) is 1. The predicted octanol–water partition coefficient (Wildman–Crippen LogP) is 2.59. The van der Waals surface area contributed by atoms with E-state index in [2.05, 4.69) is 33.9 Å². The van der Waals surface area contributed by atoms with Gasteiger partial charge in [-0.05, 0) is 48.4 Å². The highest BCUT2D eigenvalue weighted by molar-refractivity contribution is 5.80. The van der Waals surface area contributed by atoms with Gasteiger partial charge in [-0.1, -0.05) is 12.1 Å². The Hall–Kier alpha value is -2.33. The average Bonchev–Trinajstić information content (AvgIpc) is 2.86. The third-order valence-electron chi connectivity index (χ3n) is 3.62. The molecule has 2 aromatic heterocycles. The fourth-order valence-corrected chi connectivity index (χ4v) is 2.64. The van der Waals surface area contributed by atoms with Gasteiger partial charge >= 0.3 is 0 Å². The van der Waals surface area contributed by atoms with Crippen LogP contribution in [-0.2, 0) is 13.0 Å². The third-order valence-corrected chi connectivity index (χ3v) is 3.62. The van der Waals surface area contributed by atoms with Crippen LogP contribution < -0.4 is 10.5 Å². The van der Waals surface area contributed by atoms with Gasteiger partial charge in [-0.25, -0.2) is 4.98 Å².